The Morgan fingerprint density at radius 1 is 1.62 bits per heavy atom. The van der Waals surface area contributed by atoms with Crippen molar-refractivity contribution in [3.05, 3.63) is 29.1 Å². The Labute approximate surface area is 75.2 Å². The van der Waals surface area contributed by atoms with Crippen LogP contribution in [0.25, 0.3) is 0 Å². The molecule has 4 nitrogen and oxygen atoms in total. The molecule has 0 bridgehead atoms. The van der Waals surface area contributed by atoms with Crippen LogP contribution in [0.4, 0.5) is 0 Å². The molecular formula is C9H7N3O. The van der Waals surface area contributed by atoms with E-state index in [-0.39, 0.29) is 5.91 Å². The van der Waals surface area contributed by atoms with Crippen LogP contribution < -0.4 is 5.32 Å². The fourth-order valence-electron chi connectivity index (χ4n) is 1.38. The number of amides is 1. The number of nitriles is 1. The maximum Gasteiger partial charge on any atom is 0.253 e. The molecule has 0 fully saturated rings. The van der Waals surface area contributed by atoms with E-state index in [4.69, 9.17) is 5.26 Å². The van der Waals surface area contributed by atoms with E-state index in [2.05, 4.69) is 10.3 Å². The van der Waals surface area contributed by atoms with Gasteiger partial charge in [0, 0.05) is 12.7 Å². The van der Waals surface area contributed by atoms with Crippen molar-refractivity contribution < 1.29 is 4.79 Å². The Morgan fingerprint density at radius 2 is 2.46 bits per heavy atom. The molecule has 0 saturated heterocycles. The summed E-state index contributed by atoms with van der Waals surface area (Å²) in [6.07, 6.45) is 2.24. The van der Waals surface area contributed by atoms with Crippen LogP contribution >= 0.6 is 0 Å². The lowest BCUT2D eigenvalue weighted by molar-refractivity contribution is 0.0945. The molecule has 0 spiro atoms. The van der Waals surface area contributed by atoms with Crippen molar-refractivity contribution in [2.45, 2.75) is 6.42 Å². The fraction of sp³-hybridized carbons (Fsp3) is 0.222. The molecule has 0 aromatic carbocycles. The number of carbonyl (C=O) groups is 1. The predicted octanol–water partition coefficient (Wildman–Crippen LogP) is 0.239. The van der Waals surface area contributed by atoms with Crippen LogP contribution in [-0.4, -0.2) is 17.4 Å². The van der Waals surface area contributed by atoms with Gasteiger partial charge in [0.1, 0.15) is 11.8 Å². The number of pyridine rings is 1. The van der Waals surface area contributed by atoms with Gasteiger partial charge in [0.05, 0.1) is 5.56 Å². The van der Waals surface area contributed by atoms with E-state index in [1.807, 2.05) is 6.07 Å². The average Bonchev–Trinajstić information content (AvgIpc) is 2.18. The first-order valence-corrected chi connectivity index (χ1v) is 3.98. The van der Waals surface area contributed by atoms with Crippen LogP contribution in [0.2, 0.25) is 0 Å². The first-order valence-electron chi connectivity index (χ1n) is 3.98. The second-order valence-corrected chi connectivity index (χ2v) is 2.84. The Bertz CT molecular complexity index is 406. The molecule has 0 saturated carbocycles. The molecule has 1 N–H and O–H groups in total. The summed E-state index contributed by atoms with van der Waals surface area (Å²) in [6.45, 7) is 0.640. The molecule has 4 heteroatoms. The Balaban J connectivity index is 2.53. The summed E-state index contributed by atoms with van der Waals surface area (Å²) >= 11 is 0. The smallest absolute Gasteiger partial charge is 0.253 e. The molecule has 0 radical (unpaired) electrons. The van der Waals surface area contributed by atoms with Gasteiger partial charge in [-0.3, -0.25) is 4.79 Å². The van der Waals surface area contributed by atoms with Crippen LogP contribution in [0.3, 0.4) is 0 Å². The van der Waals surface area contributed by atoms with E-state index in [9.17, 15) is 4.79 Å². The van der Waals surface area contributed by atoms with Crippen molar-refractivity contribution in [3.8, 4) is 6.07 Å². The van der Waals surface area contributed by atoms with E-state index < -0.39 is 0 Å². The number of hydrogen-bond donors (Lipinski definition) is 1. The van der Waals surface area contributed by atoms with Gasteiger partial charge in [-0.05, 0) is 18.1 Å². The van der Waals surface area contributed by atoms with Gasteiger partial charge in [0.15, 0.2) is 0 Å². The molecule has 1 aromatic rings. The van der Waals surface area contributed by atoms with Crippen LogP contribution in [-0.2, 0) is 6.42 Å². The molecule has 1 aromatic heterocycles. The van der Waals surface area contributed by atoms with Gasteiger partial charge in [-0.25, -0.2) is 4.98 Å². The van der Waals surface area contributed by atoms with Crippen molar-refractivity contribution in [3.63, 3.8) is 0 Å². The van der Waals surface area contributed by atoms with Crippen molar-refractivity contribution in [1.29, 1.82) is 5.26 Å². The van der Waals surface area contributed by atoms with Crippen LogP contribution in [0, 0.1) is 11.3 Å². The van der Waals surface area contributed by atoms with Gasteiger partial charge in [0.2, 0.25) is 0 Å². The number of nitrogens with zero attached hydrogens (tertiary/aromatic N) is 2. The summed E-state index contributed by atoms with van der Waals surface area (Å²) in [5.74, 6) is -0.0989. The Kier molecular flexibility index (Phi) is 1.71. The maximum atomic E-state index is 11.3. The molecular weight excluding hydrogens is 166 g/mol. The highest BCUT2D eigenvalue weighted by molar-refractivity contribution is 5.96. The molecule has 64 valence electrons. The molecule has 1 aliphatic rings. The zero-order valence-electron chi connectivity index (χ0n) is 6.87. The summed E-state index contributed by atoms with van der Waals surface area (Å²) in [6, 6.07) is 3.62. The van der Waals surface area contributed by atoms with Crippen LogP contribution in [0.15, 0.2) is 12.3 Å². The lowest BCUT2D eigenvalue weighted by Crippen LogP contribution is -2.32. The van der Waals surface area contributed by atoms with Gasteiger partial charge in [-0.1, -0.05) is 0 Å². The van der Waals surface area contributed by atoms with Gasteiger partial charge in [0.25, 0.3) is 5.91 Å². The summed E-state index contributed by atoms with van der Waals surface area (Å²) in [5.41, 5.74) is 1.87. The number of carbonyl (C=O) groups excluding carboxylic acids is 1. The van der Waals surface area contributed by atoms with Gasteiger partial charge < -0.3 is 5.32 Å². The first-order chi connectivity index (χ1) is 6.31. The highest BCUT2D eigenvalue weighted by Gasteiger charge is 2.16. The molecule has 0 atom stereocenters. The monoisotopic (exact) mass is 173 g/mol. The minimum absolute atomic E-state index is 0.0989. The number of fused-ring (bicyclic) bond motifs is 1. The largest absolute Gasteiger partial charge is 0.352 e. The van der Waals surface area contributed by atoms with Crippen molar-refractivity contribution >= 4 is 5.91 Å². The Morgan fingerprint density at radius 3 is 3.23 bits per heavy atom. The zero-order valence-corrected chi connectivity index (χ0v) is 6.87. The van der Waals surface area contributed by atoms with E-state index in [1.54, 1.807) is 6.07 Å². The summed E-state index contributed by atoms with van der Waals surface area (Å²) in [4.78, 5) is 15.1. The van der Waals surface area contributed by atoms with Crippen LogP contribution in [0.5, 0.6) is 0 Å². The molecule has 0 unspecified atom stereocenters. The third-order valence-corrected chi connectivity index (χ3v) is 2.03. The summed E-state index contributed by atoms with van der Waals surface area (Å²) in [5, 5.41) is 11.3. The molecule has 2 rings (SSSR count). The second-order valence-electron chi connectivity index (χ2n) is 2.84. The summed E-state index contributed by atoms with van der Waals surface area (Å²) < 4.78 is 0. The quantitative estimate of drug-likeness (QED) is 0.611. The predicted molar refractivity (Wildman–Crippen MR) is 45.0 cm³/mol. The lowest BCUT2D eigenvalue weighted by Gasteiger charge is -2.15. The first kappa shape index (κ1) is 7.74. The van der Waals surface area contributed by atoms with Crippen molar-refractivity contribution in [2.75, 3.05) is 6.54 Å². The molecule has 13 heavy (non-hydrogen) atoms. The normalized spacial score (nSPS) is 14.2. The van der Waals surface area contributed by atoms with E-state index >= 15 is 0 Å². The van der Waals surface area contributed by atoms with Crippen LogP contribution in [0.1, 0.15) is 21.6 Å². The number of hydrogen-bond acceptors (Lipinski definition) is 3. The van der Waals surface area contributed by atoms with Crippen molar-refractivity contribution in [2.24, 2.45) is 0 Å². The van der Waals surface area contributed by atoms with E-state index in [0.29, 0.717) is 17.8 Å². The van der Waals surface area contributed by atoms with Gasteiger partial charge in [-0.2, -0.15) is 5.26 Å². The summed E-state index contributed by atoms with van der Waals surface area (Å²) in [7, 11) is 0. The third-order valence-electron chi connectivity index (χ3n) is 2.03. The van der Waals surface area contributed by atoms with E-state index in [1.165, 1.54) is 6.20 Å². The molecule has 0 aliphatic carbocycles. The maximum absolute atomic E-state index is 11.3. The van der Waals surface area contributed by atoms with Gasteiger partial charge >= 0.3 is 0 Å². The zero-order chi connectivity index (χ0) is 9.26. The topological polar surface area (TPSA) is 65.8 Å². The minimum Gasteiger partial charge on any atom is -0.352 e. The second kappa shape index (κ2) is 2.87. The van der Waals surface area contributed by atoms with Gasteiger partial charge in [-0.15, -0.1) is 0 Å². The minimum atomic E-state index is -0.0989. The van der Waals surface area contributed by atoms with E-state index in [0.717, 1.165) is 12.0 Å². The highest BCUT2D eigenvalue weighted by atomic mass is 16.1. The fourth-order valence-corrected chi connectivity index (χ4v) is 1.38. The number of aromatic nitrogens is 1. The molecule has 1 aliphatic heterocycles. The average molecular weight is 173 g/mol. The Hall–Kier alpha value is -1.89. The number of nitrogens with one attached hydrogen (secondary N) is 1. The van der Waals surface area contributed by atoms with Crippen molar-refractivity contribution in [1.82, 2.24) is 10.3 Å². The molecule has 1 amide bonds. The molecule has 2 heterocycles. The lowest BCUT2D eigenvalue weighted by atomic mass is 10.0. The SMILES string of the molecule is N#Cc1cc2c(cn1)C(=O)NCC2. The third kappa shape index (κ3) is 1.25. The standard InChI is InChI=1S/C9H7N3O/c10-4-7-3-6-1-2-11-9(13)8(6)5-12-7/h3,5H,1-2H2,(H,11,13). The highest BCUT2D eigenvalue weighted by Crippen LogP contribution is 2.13. The number of rotatable bonds is 0.